The fourth-order valence-electron chi connectivity index (χ4n) is 2.62. The van der Waals surface area contributed by atoms with Crippen molar-refractivity contribution in [1.82, 2.24) is 0 Å². The first-order valence-corrected chi connectivity index (χ1v) is 11.0. The van der Waals surface area contributed by atoms with Gasteiger partial charge in [0.2, 0.25) is 0 Å². The molecule has 2 aromatic rings. The number of hydrogen-bond donors (Lipinski definition) is 0. The quantitative estimate of drug-likeness (QED) is 0.322. The van der Waals surface area contributed by atoms with E-state index in [0.29, 0.717) is 0 Å². The van der Waals surface area contributed by atoms with Gasteiger partial charge in [-0.2, -0.15) is 0 Å². The van der Waals surface area contributed by atoms with Gasteiger partial charge in [0.05, 0.1) is 0 Å². The molecule has 0 aliphatic heterocycles. The predicted octanol–water partition coefficient (Wildman–Crippen LogP) is 7.74. The van der Waals surface area contributed by atoms with Crippen LogP contribution in [0.1, 0.15) is 55.4 Å². The standard InChI is InChI=1S/C12H11P.C10H15.C4H10N.NO.W/c1-3-7-11(8-4-1)13-12-9-5-2-6-10-12;1-6-7(2)9(4)10(5)8(6)3;1-4(2,3)5;1-2;/h1-10,13H;1-5H3;5H,1-3H3;;/q;;2*-1;+2. The Morgan fingerprint density at radius 2 is 0.903 bits per heavy atom. The summed E-state index contributed by atoms with van der Waals surface area (Å²) < 4.78 is 0. The van der Waals surface area contributed by atoms with Crippen molar-refractivity contribution in [2.45, 2.75) is 60.9 Å². The third-order valence-corrected chi connectivity index (χ3v) is 5.89. The molecule has 0 fully saturated rings. The van der Waals surface area contributed by atoms with E-state index in [1.807, 2.05) is 20.8 Å². The Balaban J connectivity index is 0. The summed E-state index contributed by atoms with van der Waals surface area (Å²) in [6.07, 6.45) is 0. The molecule has 0 saturated heterocycles. The summed E-state index contributed by atoms with van der Waals surface area (Å²) in [6, 6.07) is 21.2. The van der Waals surface area contributed by atoms with Crippen LogP contribution in [-0.4, -0.2) is 5.54 Å². The van der Waals surface area contributed by atoms with E-state index in [0.717, 1.165) is 8.58 Å². The normalized spacial score (nSPS) is 13.1. The zero-order valence-corrected chi connectivity index (χ0v) is 24.0. The van der Waals surface area contributed by atoms with E-state index in [4.69, 9.17) is 16.2 Å². The van der Waals surface area contributed by atoms with Crippen molar-refractivity contribution in [3.63, 3.8) is 0 Å². The third kappa shape index (κ3) is 13.6. The molecule has 0 bridgehead atoms. The van der Waals surface area contributed by atoms with Crippen molar-refractivity contribution >= 4 is 19.2 Å². The Kier molecular flexibility index (Phi) is 16.7. The van der Waals surface area contributed by atoms with Crippen LogP contribution >= 0.6 is 8.58 Å². The van der Waals surface area contributed by atoms with Crippen LogP contribution in [0, 0.1) is 10.8 Å². The summed E-state index contributed by atoms with van der Waals surface area (Å²) in [5, 5.41) is 2.79. The van der Waals surface area contributed by atoms with E-state index in [9.17, 15) is 0 Å². The summed E-state index contributed by atoms with van der Waals surface area (Å²) >= 11 is 0. The zero-order valence-electron chi connectivity index (χ0n) is 20.0. The van der Waals surface area contributed by atoms with Crippen LogP contribution in [0.5, 0.6) is 0 Å². The molecule has 0 atom stereocenters. The largest absolute Gasteiger partial charge is 2.00 e. The number of rotatable bonds is 2. The summed E-state index contributed by atoms with van der Waals surface area (Å²) in [5.74, 6) is 1.47. The van der Waals surface area contributed by atoms with Crippen LogP contribution in [0.25, 0.3) is 11.3 Å². The summed E-state index contributed by atoms with van der Waals surface area (Å²) in [5.41, 5.74) is 18.3. The number of nitroso groups, excluding NO2 is 1. The first kappa shape index (κ1) is 31.8. The number of nitrogens with one attached hydrogen (secondary N) is 1. The molecule has 0 spiro atoms. The Morgan fingerprint density at radius 1 is 0.645 bits per heavy atom. The van der Waals surface area contributed by atoms with Gasteiger partial charge in [-0.25, -0.2) is 0 Å². The van der Waals surface area contributed by atoms with Crippen molar-refractivity contribution in [1.29, 1.82) is 0 Å². The first-order valence-electron chi connectivity index (χ1n) is 10.0. The minimum absolute atomic E-state index is 0. The number of benzene rings is 2. The van der Waals surface area contributed by atoms with Crippen molar-refractivity contribution in [2.75, 3.05) is 0 Å². The molecule has 2 aromatic carbocycles. The number of nitrogens with zero attached hydrogens (tertiary/aromatic N) is 1. The van der Waals surface area contributed by atoms with Gasteiger partial charge in [0.1, 0.15) is 0 Å². The minimum atomic E-state index is -0.250. The molecule has 0 aromatic heterocycles. The van der Waals surface area contributed by atoms with Gasteiger partial charge in [-0.1, -0.05) is 108 Å². The molecule has 1 aliphatic carbocycles. The molecule has 1 aliphatic rings. The summed E-state index contributed by atoms with van der Waals surface area (Å²) in [7, 11) is 0.777. The SMILES string of the molecule is CC(C)(C)[NH-].C[C]1C(C)=C(C)C(C)=C1C.[N-]=O.[W+2].c1ccc(Pc2ccccc2)cc1. The average molecular weight is 607 g/mol. The maximum Gasteiger partial charge on any atom is 2.00 e. The van der Waals surface area contributed by atoms with Crippen LogP contribution in [0.3, 0.4) is 0 Å². The first-order chi connectivity index (χ1) is 14.0. The van der Waals surface area contributed by atoms with Crippen LogP contribution in [0.2, 0.25) is 0 Å². The molecule has 3 nitrogen and oxygen atoms in total. The summed E-state index contributed by atoms with van der Waals surface area (Å²) in [4.78, 5) is 7.25. The van der Waals surface area contributed by atoms with Crippen molar-refractivity contribution in [3.8, 4) is 0 Å². The van der Waals surface area contributed by atoms with E-state index in [1.165, 1.54) is 38.8 Å². The van der Waals surface area contributed by atoms with Crippen LogP contribution in [0.4, 0.5) is 0 Å². The van der Waals surface area contributed by atoms with Gasteiger partial charge in [-0.05, 0) is 49.5 Å². The second-order valence-corrected chi connectivity index (χ2v) is 9.64. The maximum atomic E-state index is 7.25. The number of hydrogen-bond acceptors (Lipinski definition) is 1. The van der Waals surface area contributed by atoms with Crippen LogP contribution in [-0.2, 0) is 21.1 Å². The van der Waals surface area contributed by atoms with E-state index < -0.39 is 0 Å². The molecular formula is C26H36N2OPW. The molecule has 1 radical (unpaired) electrons. The Morgan fingerprint density at radius 3 is 1.10 bits per heavy atom. The molecule has 0 heterocycles. The number of allylic oxidation sites excluding steroid dienone is 4. The van der Waals surface area contributed by atoms with Crippen molar-refractivity contribution in [3.05, 3.63) is 105 Å². The fraction of sp³-hybridized carbons (Fsp3) is 0.346. The molecule has 167 valence electrons. The predicted molar refractivity (Wildman–Crippen MR) is 137 cm³/mol. The van der Waals surface area contributed by atoms with Gasteiger partial charge < -0.3 is 16.2 Å². The Labute approximate surface area is 205 Å². The van der Waals surface area contributed by atoms with Crippen LogP contribution < -0.4 is 10.6 Å². The molecule has 0 saturated carbocycles. The third-order valence-electron chi connectivity index (χ3n) is 4.65. The zero-order chi connectivity index (χ0) is 23.3. The van der Waals surface area contributed by atoms with Gasteiger partial charge in [0.15, 0.2) is 0 Å². The second-order valence-electron chi connectivity index (χ2n) is 8.23. The topological polar surface area (TPSA) is 63.2 Å². The fourth-order valence-corrected chi connectivity index (χ4v) is 3.67. The van der Waals surface area contributed by atoms with Gasteiger partial charge in [0.25, 0.3) is 0 Å². The molecule has 31 heavy (non-hydrogen) atoms. The average Bonchev–Trinajstić information content (AvgIpc) is 2.88. The molecule has 5 heteroatoms. The molecule has 0 unspecified atom stereocenters. The molecule has 3 rings (SSSR count). The van der Waals surface area contributed by atoms with E-state index in [-0.39, 0.29) is 26.6 Å². The second kappa shape index (κ2) is 16.3. The molecule has 1 N–H and O–H groups in total. The smallest absolute Gasteiger partial charge is 0.673 e. The monoisotopic (exact) mass is 607 g/mol. The van der Waals surface area contributed by atoms with Gasteiger partial charge >= 0.3 is 21.1 Å². The van der Waals surface area contributed by atoms with Gasteiger partial charge in [0, 0.05) is 5.92 Å². The summed E-state index contributed by atoms with van der Waals surface area (Å²) in [6.45, 7) is 16.6. The minimum Gasteiger partial charge on any atom is -0.673 e. The van der Waals surface area contributed by atoms with Crippen molar-refractivity contribution < 1.29 is 21.1 Å². The van der Waals surface area contributed by atoms with Gasteiger partial charge in [-0.15, -0.1) is 5.54 Å². The Hall–Kier alpha value is -1.40. The van der Waals surface area contributed by atoms with Crippen molar-refractivity contribution in [2.24, 2.45) is 0 Å². The molecular weight excluding hydrogens is 571 g/mol. The molecule has 0 amide bonds. The Bertz CT molecular complexity index is 745. The van der Waals surface area contributed by atoms with E-state index in [1.54, 1.807) is 0 Å². The van der Waals surface area contributed by atoms with E-state index >= 15 is 0 Å². The van der Waals surface area contributed by atoms with Crippen LogP contribution in [0.15, 0.2) is 83.0 Å². The van der Waals surface area contributed by atoms with Gasteiger partial charge in [-0.3, -0.25) is 0 Å². The van der Waals surface area contributed by atoms with E-state index in [2.05, 4.69) is 95.3 Å². The maximum absolute atomic E-state index is 7.25.